The molecule has 0 aliphatic carbocycles. The molecule has 18 heavy (non-hydrogen) atoms. The summed E-state index contributed by atoms with van der Waals surface area (Å²) >= 11 is 0. The highest BCUT2D eigenvalue weighted by Gasteiger charge is 2.01. The summed E-state index contributed by atoms with van der Waals surface area (Å²) in [4.78, 5) is 17.4. The van der Waals surface area contributed by atoms with Gasteiger partial charge in [0.25, 0.3) is 0 Å². The number of aryl methyl sites for hydroxylation is 1. The van der Waals surface area contributed by atoms with Crippen LogP contribution in [0, 0.1) is 6.92 Å². The molecule has 4 heteroatoms. The molecular formula is C14H21N3O. The highest BCUT2D eigenvalue weighted by molar-refractivity contribution is 5.85. The highest BCUT2D eigenvalue weighted by atomic mass is 16.1. The van der Waals surface area contributed by atoms with E-state index in [0.717, 1.165) is 30.6 Å². The lowest BCUT2D eigenvalue weighted by Gasteiger charge is -2.08. The van der Waals surface area contributed by atoms with Gasteiger partial charge in [0.15, 0.2) is 6.29 Å². The topological polar surface area (TPSA) is 44.7 Å². The Balaban J connectivity index is 2.49. The quantitative estimate of drug-likeness (QED) is 0.453. The van der Waals surface area contributed by atoms with Gasteiger partial charge in [0.1, 0.15) is 0 Å². The zero-order chi connectivity index (χ0) is 13.4. The van der Waals surface area contributed by atoms with Crippen molar-refractivity contribution in [1.29, 1.82) is 0 Å². The Kier molecular flexibility index (Phi) is 6.25. The molecule has 0 fully saturated rings. The fourth-order valence-corrected chi connectivity index (χ4v) is 1.56. The van der Waals surface area contributed by atoms with E-state index in [1.54, 1.807) is 6.07 Å². The SMILES string of the molecule is Cc1cccc(C=O)c1N=CCNCCN(C)C. The molecule has 0 aromatic heterocycles. The molecule has 0 bridgehead atoms. The lowest BCUT2D eigenvalue weighted by molar-refractivity contribution is 0.112. The van der Waals surface area contributed by atoms with Crippen molar-refractivity contribution in [3.63, 3.8) is 0 Å². The number of hydrogen-bond acceptors (Lipinski definition) is 4. The fourth-order valence-electron chi connectivity index (χ4n) is 1.56. The number of nitrogens with zero attached hydrogens (tertiary/aromatic N) is 2. The summed E-state index contributed by atoms with van der Waals surface area (Å²) in [5, 5.41) is 3.26. The summed E-state index contributed by atoms with van der Waals surface area (Å²) in [6.07, 6.45) is 2.66. The highest BCUT2D eigenvalue weighted by Crippen LogP contribution is 2.21. The average molecular weight is 247 g/mol. The fraction of sp³-hybridized carbons (Fsp3) is 0.429. The van der Waals surface area contributed by atoms with Gasteiger partial charge in [-0.1, -0.05) is 12.1 Å². The minimum Gasteiger partial charge on any atom is -0.310 e. The van der Waals surface area contributed by atoms with Gasteiger partial charge in [-0.15, -0.1) is 0 Å². The first kappa shape index (κ1) is 14.5. The summed E-state index contributed by atoms with van der Waals surface area (Å²) in [6, 6.07) is 5.61. The van der Waals surface area contributed by atoms with Crippen molar-refractivity contribution in [3.8, 4) is 0 Å². The number of aliphatic imine (C=N–C) groups is 1. The number of carbonyl (C=O) groups is 1. The van der Waals surface area contributed by atoms with E-state index in [2.05, 4.69) is 15.2 Å². The molecule has 0 spiro atoms. The van der Waals surface area contributed by atoms with Crippen LogP contribution in [0.5, 0.6) is 0 Å². The van der Waals surface area contributed by atoms with Crippen molar-refractivity contribution in [2.45, 2.75) is 6.92 Å². The molecule has 0 heterocycles. The maximum Gasteiger partial charge on any atom is 0.152 e. The predicted molar refractivity (Wildman–Crippen MR) is 76.1 cm³/mol. The molecule has 1 N–H and O–H groups in total. The first-order valence-electron chi connectivity index (χ1n) is 6.08. The van der Waals surface area contributed by atoms with E-state index < -0.39 is 0 Å². The number of nitrogens with one attached hydrogen (secondary N) is 1. The van der Waals surface area contributed by atoms with E-state index in [9.17, 15) is 4.79 Å². The Labute approximate surface area is 109 Å². The minimum absolute atomic E-state index is 0.638. The monoisotopic (exact) mass is 247 g/mol. The van der Waals surface area contributed by atoms with Crippen LogP contribution in [0.15, 0.2) is 23.2 Å². The first-order chi connectivity index (χ1) is 8.65. The lowest BCUT2D eigenvalue weighted by Crippen LogP contribution is -2.27. The second-order valence-electron chi connectivity index (χ2n) is 4.45. The number of likely N-dealkylation sites (N-methyl/N-ethyl adjacent to an activating group) is 1. The molecule has 0 unspecified atom stereocenters. The summed E-state index contributed by atoms with van der Waals surface area (Å²) in [6.45, 7) is 4.59. The Hall–Kier alpha value is -1.52. The number of carbonyl (C=O) groups excluding carboxylic acids is 1. The van der Waals surface area contributed by atoms with E-state index in [4.69, 9.17) is 0 Å². The Morgan fingerprint density at radius 1 is 1.39 bits per heavy atom. The molecule has 98 valence electrons. The largest absolute Gasteiger partial charge is 0.310 e. The molecule has 0 aliphatic heterocycles. The smallest absolute Gasteiger partial charge is 0.152 e. The van der Waals surface area contributed by atoms with Crippen LogP contribution < -0.4 is 5.32 Å². The number of hydrogen-bond donors (Lipinski definition) is 1. The van der Waals surface area contributed by atoms with Crippen LogP contribution >= 0.6 is 0 Å². The molecule has 0 aliphatic rings. The maximum absolute atomic E-state index is 10.9. The Morgan fingerprint density at radius 2 is 2.17 bits per heavy atom. The van der Waals surface area contributed by atoms with Crippen molar-refractivity contribution in [2.75, 3.05) is 33.7 Å². The van der Waals surface area contributed by atoms with E-state index >= 15 is 0 Å². The zero-order valence-electron chi connectivity index (χ0n) is 11.3. The third-order valence-corrected chi connectivity index (χ3v) is 2.59. The number of para-hydroxylation sites is 1. The van der Waals surface area contributed by atoms with Gasteiger partial charge < -0.3 is 10.2 Å². The molecule has 1 aromatic rings. The molecule has 0 radical (unpaired) electrons. The van der Waals surface area contributed by atoms with Gasteiger partial charge in [-0.2, -0.15) is 0 Å². The van der Waals surface area contributed by atoms with Crippen LogP contribution in [0.1, 0.15) is 15.9 Å². The van der Waals surface area contributed by atoms with Crippen LogP contribution in [0.4, 0.5) is 5.69 Å². The van der Waals surface area contributed by atoms with Gasteiger partial charge in [0.2, 0.25) is 0 Å². The number of aldehydes is 1. The molecule has 0 atom stereocenters. The van der Waals surface area contributed by atoms with Gasteiger partial charge in [0.05, 0.1) is 5.69 Å². The molecule has 0 saturated heterocycles. The minimum atomic E-state index is 0.638. The van der Waals surface area contributed by atoms with E-state index in [1.165, 1.54) is 0 Å². The van der Waals surface area contributed by atoms with Gasteiger partial charge in [-0.3, -0.25) is 9.79 Å². The average Bonchev–Trinajstić information content (AvgIpc) is 2.34. The van der Waals surface area contributed by atoms with Crippen molar-refractivity contribution >= 4 is 18.2 Å². The molecular weight excluding hydrogens is 226 g/mol. The van der Waals surface area contributed by atoms with Gasteiger partial charge in [-0.05, 0) is 32.6 Å². The summed E-state index contributed by atoms with van der Waals surface area (Å²) in [5.41, 5.74) is 2.42. The first-order valence-corrected chi connectivity index (χ1v) is 6.08. The zero-order valence-corrected chi connectivity index (χ0v) is 11.3. The molecule has 1 aromatic carbocycles. The molecule has 0 saturated carbocycles. The third-order valence-electron chi connectivity index (χ3n) is 2.59. The van der Waals surface area contributed by atoms with Gasteiger partial charge >= 0.3 is 0 Å². The van der Waals surface area contributed by atoms with Crippen molar-refractivity contribution in [3.05, 3.63) is 29.3 Å². The van der Waals surface area contributed by atoms with Crippen molar-refractivity contribution < 1.29 is 4.79 Å². The molecule has 4 nitrogen and oxygen atoms in total. The maximum atomic E-state index is 10.9. The molecule has 0 amide bonds. The summed E-state index contributed by atoms with van der Waals surface area (Å²) < 4.78 is 0. The van der Waals surface area contributed by atoms with Crippen LogP contribution in [0.25, 0.3) is 0 Å². The predicted octanol–water partition coefficient (Wildman–Crippen LogP) is 1.66. The van der Waals surface area contributed by atoms with Crippen molar-refractivity contribution in [2.24, 2.45) is 4.99 Å². The Morgan fingerprint density at radius 3 is 2.83 bits per heavy atom. The van der Waals surface area contributed by atoms with E-state index in [1.807, 2.05) is 39.4 Å². The number of rotatable bonds is 7. The standard InChI is InChI=1S/C14H21N3O/c1-12-5-4-6-13(11-18)14(12)16-8-7-15-9-10-17(2)3/h4-6,8,11,15H,7,9-10H2,1-3H3. The second kappa shape index (κ2) is 7.74. The number of benzene rings is 1. The normalized spacial score (nSPS) is 11.3. The van der Waals surface area contributed by atoms with E-state index in [-0.39, 0.29) is 0 Å². The molecule has 1 rings (SSSR count). The summed E-state index contributed by atoms with van der Waals surface area (Å²) in [5.74, 6) is 0. The summed E-state index contributed by atoms with van der Waals surface area (Å²) in [7, 11) is 4.08. The van der Waals surface area contributed by atoms with Crippen LogP contribution in [-0.4, -0.2) is 51.1 Å². The van der Waals surface area contributed by atoms with Crippen LogP contribution in [0.2, 0.25) is 0 Å². The van der Waals surface area contributed by atoms with E-state index in [0.29, 0.717) is 12.1 Å². The van der Waals surface area contributed by atoms with Gasteiger partial charge in [-0.25, -0.2) is 0 Å². The van der Waals surface area contributed by atoms with Crippen molar-refractivity contribution in [1.82, 2.24) is 10.2 Å². The van der Waals surface area contributed by atoms with Crippen LogP contribution in [-0.2, 0) is 0 Å². The second-order valence-corrected chi connectivity index (χ2v) is 4.45. The third kappa shape index (κ3) is 4.77. The lowest BCUT2D eigenvalue weighted by atomic mass is 10.1. The van der Waals surface area contributed by atoms with Crippen LogP contribution in [0.3, 0.4) is 0 Å². The Bertz CT molecular complexity index is 414. The van der Waals surface area contributed by atoms with Gasteiger partial charge in [0, 0.05) is 31.4 Å².